The van der Waals surface area contributed by atoms with Gasteiger partial charge in [0.25, 0.3) is 5.69 Å². The largest absolute Gasteiger partial charge is 0.488 e. The molecule has 0 radical (unpaired) electrons. The Hall–Kier alpha value is -3.36. The molecular formula is C22H18ClN3O4S. The van der Waals surface area contributed by atoms with E-state index in [1.54, 1.807) is 30.3 Å². The minimum Gasteiger partial charge on any atom is -0.488 e. The van der Waals surface area contributed by atoms with Crippen LogP contribution in [0.25, 0.3) is 0 Å². The smallest absolute Gasteiger partial charge is 0.269 e. The van der Waals surface area contributed by atoms with Crippen LogP contribution in [0, 0.1) is 10.1 Å². The van der Waals surface area contributed by atoms with Gasteiger partial charge >= 0.3 is 0 Å². The second-order valence-corrected chi connectivity index (χ2v) is 7.77. The van der Waals surface area contributed by atoms with Crippen LogP contribution in [0.5, 0.6) is 5.75 Å². The van der Waals surface area contributed by atoms with E-state index in [2.05, 4.69) is 10.5 Å². The van der Waals surface area contributed by atoms with Gasteiger partial charge in [0.05, 0.1) is 16.9 Å². The SMILES string of the molecule is O=C(CSc1ccc(Cl)cc1)N/N=C\c1ccccc1OCc1ccc([N+](=O)[O-])cc1. The van der Waals surface area contributed by atoms with Crippen molar-refractivity contribution in [2.75, 3.05) is 5.75 Å². The average Bonchev–Trinajstić information content (AvgIpc) is 2.78. The van der Waals surface area contributed by atoms with Crippen LogP contribution in [0.4, 0.5) is 5.69 Å². The molecule has 0 aliphatic heterocycles. The number of hydrogen-bond acceptors (Lipinski definition) is 6. The minimum atomic E-state index is -0.446. The molecule has 3 aromatic rings. The Bertz CT molecular complexity index is 1070. The number of hydrazone groups is 1. The van der Waals surface area contributed by atoms with Crippen LogP contribution in [0.15, 0.2) is 82.8 Å². The lowest BCUT2D eigenvalue weighted by molar-refractivity contribution is -0.384. The fraction of sp³-hybridized carbons (Fsp3) is 0.0909. The van der Waals surface area contributed by atoms with E-state index >= 15 is 0 Å². The summed E-state index contributed by atoms with van der Waals surface area (Å²) < 4.78 is 5.81. The number of amides is 1. The van der Waals surface area contributed by atoms with Crippen LogP contribution >= 0.6 is 23.4 Å². The number of hydrogen-bond donors (Lipinski definition) is 1. The van der Waals surface area contributed by atoms with Gasteiger partial charge in [-0.15, -0.1) is 11.8 Å². The van der Waals surface area contributed by atoms with Crippen LogP contribution in [-0.2, 0) is 11.4 Å². The van der Waals surface area contributed by atoms with E-state index in [1.807, 2.05) is 30.3 Å². The fourth-order valence-electron chi connectivity index (χ4n) is 2.48. The summed E-state index contributed by atoms with van der Waals surface area (Å²) in [5, 5.41) is 15.4. The lowest BCUT2D eigenvalue weighted by Crippen LogP contribution is -2.19. The molecule has 1 amide bonds. The normalized spacial score (nSPS) is 10.7. The Kier molecular flexibility index (Phi) is 8.03. The summed E-state index contributed by atoms with van der Waals surface area (Å²) in [5.41, 5.74) is 4.01. The van der Waals surface area contributed by atoms with E-state index in [0.29, 0.717) is 16.3 Å². The standard InChI is InChI=1S/C22H18ClN3O4S/c23-18-7-11-20(12-8-18)31-15-22(27)25-24-13-17-3-1-2-4-21(17)30-14-16-5-9-19(10-6-16)26(28)29/h1-13H,14-15H2,(H,25,27)/b24-13-. The number of non-ortho nitro benzene ring substituents is 1. The maximum absolute atomic E-state index is 12.0. The summed E-state index contributed by atoms with van der Waals surface area (Å²) >= 11 is 7.23. The number of benzene rings is 3. The summed E-state index contributed by atoms with van der Waals surface area (Å²) in [7, 11) is 0. The first-order chi connectivity index (χ1) is 15.0. The molecule has 0 saturated heterocycles. The van der Waals surface area contributed by atoms with E-state index in [1.165, 1.54) is 30.1 Å². The quantitative estimate of drug-likeness (QED) is 0.210. The number of nitrogens with one attached hydrogen (secondary N) is 1. The van der Waals surface area contributed by atoms with Crippen LogP contribution in [0.3, 0.4) is 0 Å². The molecule has 0 unspecified atom stereocenters. The fourth-order valence-corrected chi connectivity index (χ4v) is 3.30. The Balaban J connectivity index is 1.52. The lowest BCUT2D eigenvalue weighted by atomic mass is 10.2. The van der Waals surface area contributed by atoms with Crippen molar-refractivity contribution in [1.29, 1.82) is 0 Å². The predicted octanol–water partition coefficient (Wildman–Crippen LogP) is 5.07. The first-order valence-electron chi connectivity index (χ1n) is 9.17. The van der Waals surface area contributed by atoms with E-state index in [4.69, 9.17) is 16.3 Å². The van der Waals surface area contributed by atoms with Crippen molar-refractivity contribution in [3.05, 3.63) is 99.1 Å². The maximum atomic E-state index is 12.0. The van der Waals surface area contributed by atoms with Gasteiger partial charge < -0.3 is 4.74 Å². The number of rotatable bonds is 9. The van der Waals surface area contributed by atoms with Crippen LogP contribution in [-0.4, -0.2) is 22.8 Å². The number of nitrogens with zero attached hydrogens (tertiary/aromatic N) is 2. The van der Waals surface area contributed by atoms with Gasteiger partial charge in [0.1, 0.15) is 12.4 Å². The number of nitro groups is 1. The van der Waals surface area contributed by atoms with Crippen LogP contribution in [0.1, 0.15) is 11.1 Å². The molecule has 3 rings (SSSR count). The number of ether oxygens (including phenoxy) is 1. The molecule has 0 aliphatic rings. The summed E-state index contributed by atoms with van der Waals surface area (Å²) in [4.78, 5) is 23.2. The highest BCUT2D eigenvalue weighted by atomic mass is 35.5. The number of halogens is 1. The van der Waals surface area contributed by atoms with Crippen LogP contribution < -0.4 is 10.2 Å². The molecule has 0 bridgehead atoms. The maximum Gasteiger partial charge on any atom is 0.269 e. The molecule has 0 spiro atoms. The third kappa shape index (κ3) is 7.13. The number of carbonyl (C=O) groups excluding carboxylic acids is 1. The third-order valence-corrected chi connectivity index (χ3v) is 5.30. The molecule has 0 aliphatic carbocycles. The highest BCUT2D eigenvalue weighted by Gasteiger charge is 2.06. The van der Waals surface area contributed by atoms with Crippen molar-refractivity contribution in [3.63, 3.8) is 0 Å². The molecule has 7 nitrogen and oxygen atoms in total. The van der Waals surface area contributed by atoms with E-state index in [0.717, 1.165) is 10.5 Å². The van der Waals surface area contributed by atoms with E-state index < -0.39 is 4.92 Å². The van der Waals surface area contributed by atoms with Gasteiger partial charge in [-0.25, -0.2) is 5.43 Å². The van der Waals surface area contributed by atoms with Crippen molar-refractivity contribution >= 4 is 41.2 Å². The third-order valence-electron chi connectivity index (χ3n) is 4.04. The van der Waals surface area contributed by atoms with Crippen molar-refractivity contribution < 1.29 is 14.5 Å². The molecule has 3 aromatic carbocycles. The topological polar surface area (TPSA) is 93.8 Å². The molecule has 0 atom stereocenters. The molecule has 9 heteroatoms. The number of carbonyl (C=O) groups is 1. The van der Waals surface area contributed by atoms with Gasteiger partial charge in [0, 0.05) is 27.6 Å². The van der Waals surface area contributed by atoms with Crippen molar-refractivity contribution in [1.82, 2.24) is 5.43 Å². The molecule has 158 valence electrons. The molecular weight excluding hydrogens is 438 g/mol. The average molecular weight is 456 g/mol. The number of para-hydroxylation sites is 1. The van der Waals surface area contributed by atoms with Gasteiger partial charge in [0.15, 0.2) is 0 Å². The van der Waals surface area contributed by atoms with Gasteiger partial charge in [-0.1, -0.05) is 23.7 Å². The summed E-state index contributed by atoms with van der Waals surface area (Å²) in [6, 6.07) is 20.6. The first-order valence-corrected chi connectivity index (χ1v) is 10.5. The van der Waals surface area contributed by atoms with Gasteiger partial charge in [-0.3, -0.25) is 14.9 Å². The van der Waals surface area contributed by atoms with Crippen LogP contribution in [0.2, 0.25) is 5.02 Å². The van der Waals surface area contributed by atoms with Gasteiger partial charge in [0.2, 0.25) is 5.91 Å². The molecule has 0 heterocycles. The molecule has 0 saturated carbocycles. The van der Waals surface area contributed by atoms with Crippen molar-refractivity contribution in [2.45, 2.75) is 11.5 Å². The Morgan fingerprint density at radius 1 is 1.10 bits per heavy atom. The van der Waals surface area contributed by atoms with Crippen molar-refractivity contribution in [2.24, 2.45) is 5.10 Å². The zero-order valence-corrected chi connectivity index (χ0v) is 17.8. The Morgan fingerprint density at radius 3 is 2.52 bits per heavy atom. The zero-order valence-electron chi connectivity index (χ0n) is 16.2. The van der Waals surface area contributed by atoms with Crippen molar-refractivity contribution in [3.8, 4) is 5.75 Å². The van der Waals surface area contributed by atoms with Gasteiger partial charge in [-0.2, -0.15) is 5.10 Å². The highest BCUT2D eigenvalue weighted by Crippen LogP contribution is 2.20. The van der Waals surface area contributed by atoms with Gasteiger partial charge in [-0.05, 0) is 54.1 Å². The second kappa shape index (κ2) is 11.1. The summed E-state index contributed by atoms with van der Waals surface area (Å²) in [5.74, 6) is 0.562. The minimum absolute atomic E-state index is 0.0289. The predicted molar refractivity (Wildman–Crippen MR) is 122 cm³/mol. The first kappa shape index (κ1) is 22.3. The Labute approximate surface area is 188 Å². The molecule has 0 aromatic heterocycles. The molecule has 0 fully saturated rings. The van der Waals surface area contributed by atoms with E-state index in [-0.39, 0.29) is 24.0 Å². The number of thioether (sulfide) groups is 1. The highest BCUT2D eigenvalue weighted by molar-refractivity contribution is 8.00. The Morgan fingerprint density at radius 2 is 1.81 bits per heavy atom. The molecule has 31 heavy (non-hydrogen) atoms. The lowest BCUT2D eigenvalue weighted by Gasteiger charge is -2.09. The number of nitro benzene ring substituents is 1. The summed E-state index contributed by atoms with van der Waals surface area (Å²) in [6.07, 6.45) is 1.51. The van der Waals surface area contributed by atoms with E-state index in [9.17, 15) is 14.9 Å². The summed E-state index contributed by atoms with van der Waals surface area (Å²) in [6.45, 7) is 0.243. The monoisotopic (exact) mass is 455 g/mol. The zero-order chi connectivity index (χ0) is 22.1. The molecule has 1 N–H and O–H groups in total. The second-order valence-electron chi connectivity index (χ2n) is 6.29.